The van der Waals surface area contributed by atoms with Gasteiger partial charge < -0.3 is 14.3 Å². The molecule has 0 bridgehead atoms. The van der Waals surface area contributed by atoms with Gasteiger partial charge in [0.25, 0.3) is 0 Å². The molecule has 0 amide bonds. The summed E-state index contributed by atoms with van der Waals surface area (Å²) in [5.41, 5.74) is 4.57. The second-order valence-corrected chi connectivity index (χ2v) is 7.46. The van der Waals surface area contributed by atoms with E-state index in [1.54, 1.807) is 0 Å². The molecule has 1 N–H and O–H groups in total. The average molecular weight is 344 g/mol. The van der Waals surface area contributed by atoms with Crippen LogP contribution in [0.15, 0.2) is 59.1 Å². The molecule has 3 nitrogen and oxygen atoms in total. The molecule has 0 spiro atoms. The van der Waals surface area contributed by atoms with Gasteiger partial charge in [-0.05, 0) is 50.1 Å². The van der Waals surface area contributed by atoms with E-state index in [0.717, 1.165) is 29.8 Å². The van der Waals surface area contributed by atoms with Gasteiger partial charge in [-0.25, -0.2) is 0 Å². The summed E-state index contributed by atoms with van der Waals surface area (Å²) in [6.07, 6.45) is 5.63. The van der Waals surface area contributed by atoms with Crippen molar-refractivity contribution in [2.45, 2.75) is 32.2 Å². The Morgan fingerprint density at radius 1 is 1.12 bits per heavy atom. The van der Waals surface area contributed by atoms with Crippen molar-refractivity contribution in [1.82, 2.24) is 9.88 Å². The van der Waals surface area contributed by atoms with Gasteiger partial charge in [-0.3, -0.25) is 0 Å². The summed E-state index contributed by atoms with van der Waals surface area (Å²) in [6.45, 7) is 4.65. The summed E-state index contributed by atoms with van der Waals surface area (Å²) in [5.74, 6) is 1.09. The summed E-state index contributed by atoms with van der Waals surface area (Å²) in [4.78, 5) is 5.88. The van der Waals surface area contributed by atoms with E-state index in [2.05, 4.69) is 65.3 Å². The molecule has 1 saturated heterocycles. The molecule has 1 aliphatic rings. The smallest absolute Gasteiger partial charge is 0.142 e. The number of fused-ring (bicyclic) bond motifs is 2. The van der Waals surface area contributed by atoms with Crippen LogP contribution in [0.4, 0.5) is 0 Å². The first kappa shape index (κ1) is 15.7. The van der Waals surface area contributed by atoms with Crippen molar-refractivity contribution in [2.24, 2.45) is 0 Å². The number of hydrogen-bond acceptors (Lipinski definition) is 2. The van der Waals surface area contributed by atoms with Crippen LogP contribution in [0.5, 0.6) is 0 Å². The van der Waals surface area contributed by atoms with Gasteiger partial charge in [-0.15, -0.1) is 0 Å². The zero-order chi connectivity index (χ0) is 17.5. The van der Waals surface area contributed by atoms with Crippen molar-refractivity contribution in [3.05, 3.63) is 60.5 Å². The molecule has 1 unspecified atom stereocenters. The SMILES string of the molecule is CC1CCCN1CCc1cc2cccc(-c3cccc4[nH]ccc34)c2o1. The lowest BCUT2D eigenvalue weighted by Gasteiger charge is -2.19. The average Bonchev–Trinajstić information content (AvgIpc) is 3.38. The van der Waals surface area contributed by atoms with Crippen LogP contribution in [0, 0.1) is 0 Å². The molecule has 132 valence electrons. The van der Waals surface area contributed by atoms with Gasteiger partial charge >= 0.3 is 0 Å². The van der Waals surface area contributed by atoms with Crippen molar-refractivity contribution in [3.63, 3.8) is 0 Å². The van der Waals surface area contributed by atoms with Gasteiger partial charge in [0.15, 0.2) is 0 Å². The van der Waals surface area contributed by atoms with Crippen LogP contribution < -0.4 is 0 Å². The molecule has 0 radical (unpaired) electrons. The van der Waals surface area contributed by atoms with E-state index in [1.165, 1.54) is 41.3 Å². The highest BCUT2D eigenvalue weighted by Gasteiger charge is 2.20. The van der Waals surface area contributed by atoms with Crippen LogP contribution in [0.25, 0.3) is 33.0 Å². The maximum absolute atomic E-state index is 6.34. The second kappa shape index (κ2) is 6.33. The van der Waals surface area contributed by atoms with Crippen LogP contribution in [0.3, 0.4) is 0 Å². The first-order chi connectivity index (χ1) is 12.8. The molecule has 2 aromatic heterocycles. The van der Waals surface area contributed by atoms with Crippen molar-refractivity contribution < 1.29 is 4.42 Å². The molecule has 1 atom stereocenters. The predicted octanol–water partition coefficient (Wildman–Crippen LogP) is 5.61. The van der Waals surface area contributed by atoms with Gasteiger partial charge in [-0.1, -0.05) is 30.3 Å². The van der Waals surface area contributed by atoms with Gasteiger partial charge in [0.2, 0.25) is 0 Å². The highest BCUT2D eigenvalue weighted by molar-refractivity contribution is 6.02. The van der Waals surface area contributed by atoms with E-state index < -0.39 is 0 Å². The first-order valence-electron chi connectivity index (χ1n) is 9.61. The fraction of sp³-hybridized carbons (Fsp3) is 0.304. The number of nitrogens with zero attached hydrogens (tertiary/aromatic N) is 1. The Morgan fingerprint density at radius 2 is 2.00 bits per heavy atom. The number of likely N-dealkylation sites (tertiary alicyclic amines) is 1. The Balaban J connectivity index is 1.51. The number of para-hydroxylation sites is 1. The monoisotopic (exact) mass is 344 g/mol. The number of benzene rings is 2. The Hall–Kier alpha value is -2.52. The molecule has 1 fully saturated rings. The van der Waals surface area contributed by atoms with E-state index in [4.69, 9.17) is 4.42 Å². The van der Waals surface area contributed by atoms with Crippen molar-refractivity contribution in [2.75, 3.05) is 13.1 Å². The van der Waals surface area contributed by atoms with Gasteiger partial charge in [0, 0.05) is 47.1 Å². The van der Waals surface area contributed by atoms with Crippen molar-refractivity contribution >= 4 is 21.9 Å². The molecular formula is C23H24N2O. The number of furan rings is 1. The zero-order valence-electron chi connectivity index (χ0n) is 15.2. The van der Waals surface area contributed by atoms with Crippen LogP contribution in [-0.4, -0.2) is 29.0 Å². The summed E-state index contributed by atoms with van der Waals surface area (Å²) in [6, 6.07) is 17.9. The largest absolute Gasteiger partial charge is 0.460 e. The van der Waals surface area contributed by atoms with Crippen molar-refractivity contribution in [3.8, 4) is 11.1 Å². The van der Waals surface area contributed by atoms with E-state index >= 15 is 0 Å². The van der Waals surface area contributed by atoms with E-state index in [-0.39, 0.29) is 0 Å². The summed E-state index contributed by atoms with van der Waals surface area (Å²) in [5, 5.41) is 2.43. The molecule has 3 heteroatoms. The molecule has 3 heterocycles. The predicted molar refractivity (Wildman–Crippen MR) is 107 cm³/mol. The minimum atomic E-state index is 0.709. The number of hydrogen-bond donors (Lipinski definition) is 1. The van der Waals surface area contributed by atoms with Crippen LogP contribution in [-0.2, 0) is 6.42 Å². The highest BCUT2D eigenvalue weighted by atomic mass is 16.3. The number of H-pyrrole nitrogens is 1. The van der Waals surface area contributed by atoms with Crippen molar-refractivity contribution in [1.29, 1.82) is 0 Å². The zero-order valence-corrected chi connectivity index (χ0v) is 15.2. The third-order valence-electron chi connectivity index (χ3n) is 5.82. The molecule has 0 aliphatic carbocycles. The molecule has 5 rings (SSSR count). The lowest BCUT2D eigenvalue weighted by molar-refractivity contribution is 0.266. The molecule has 4 aromatic rings. The summed E-state index contributed by atoms with van der Waals surface area (Å²) in [7, 11) is 0. The fourth-order valence-electron chi connectivity index (χ4n) is 4.35. The molecular weight excluding hydrogens is 320 g/mol. The number of aromatic nitrogens is 1. The molecule has 2 aromatic carbocycles. The highest BCUT2D eigenvalue weighted by Crippen LogP contribution is 2.35. The second-order valence-electron chi connectivity index (χ2n) is 7.46. The van der Waals surface area contributed by atoms with E-state index in [0.29, 0.717) is 6.04 Å². The quantitative estimate of drug-likeness (QED) is 0.522. The topological polar surface area (TPSA) is 32.2 Å². The summed E-state index contributed by atoms with van der Waals surface area (Å²) < 4.78 is 6.34. The first-order valence-corrected chi connectivity index (χ1v) is 9.61. The molecule has 0 saturated carbocycles. The maximum Gasteiger partial charge on any atom is 0.142 e. The lowest BCUT2D eigenvalue weighted by atomic mass is 10.0. The Bertz CT molecular complexity index is 1060. The Morgan fingerprint density at radius 3 is 2.88 bits per heavy atom. The number of aromatic amines is 1. The van der Waals surface area contributed by atoms with Crippen LogP contribution in [0.1, 0.15) is 25.5 Å². The normalized spacial score (nSPS) is 18.3. The minimum Gasteiger partial charge on any atom is -0.460 e. The third-order valence-corrected chi connectivity index (χ3v) is 5.82. The van der Waals surface area contributed by atoms with Gasteiger partial charge in [-0.2, -0.15) is 0 Å². The number of nitrogens with one attached hydrogen (secondary N) is 1. The minimum absolute atomic E-state index is 0.709. The van der Waals surface area contributed by atoms with Crippen LogP contribution >= 0.6 is 0 Å². The Labute approximate surface area is 153 Å². The number of rotatable bonds is 4. The fourth-order valence-corrected chi connectivity index (χ4v) is 4.35. The standard InChI is InChI=1S/C23H24N2O/c1-16-5-4-13-25(16)14-11-18-15-17-6-2-8-21(23(17)26-18)19-7-3-9-22-20(19)10-12-24-22/h2-3,6-10,12,15-16,24H,4-5,11,13-14H2,1H3. The van der Waals surface area contributed by atoms with E-state index in [1.807, 2.05) is 6.20 Å². The lowest BCUT2D eigenvalue weighted by Crippen LogP contribution is -2.28. The van der Waals surface area contributed by atoms with E-state index in [9.17, 15) is 0 Å². The molecule has 26 heavy (non-hydrogen) atoms. The Kier molecular flexibility index (Phi) is 3.83. The van der Waals surface area contributed by atoms with Gasteiger partial charge in [0.1, 0.15) is 11.3 Å². The summed E-state index contributed by atoms with van der Waals surface area (Å²) >= 11 is 0. The van der Waals surface area contributed by atoms with Crippen LogP contribution in [0.2, 0.25) is 0 Å². The maximum atomic E-state index is 6.34. The molecule has 1 aliphatic heterocycles. The van der Waals surface area contributed by atoms with Gasteiger partial charge in [0.05, 0.1) is 0 Å². The third kappa shape index (κ3) is 2.63.